The third kappa shape index (κ3) is 4.46. The summed E-state index contributed by atoms with van der Waals surface area (Å²) < 4.78 is 19.1. The summed E-state index contributed by atoms with van der Waals surface area (Å²) >= 11 is 0. The fourth-order valence-corrected chi connectivity index (χ4v) is 3.54. The minimum atomic E-state index is -0.843. The molecule has 0 aromatic heterocycles. The Kier molecular flexibility index (Phi) is 6.43. The van der Waals surface area contributed by atoms with Crippen LogP contribution in [0.4, 0.5) is 4.39 Å². The molecule has 0 bridgehead atoms. The monoisotopic (exact) mass is 322 g/mol. The summed E-state index contributed by atoms with van der Waals surface area (Å²) in [5, 5.41) is 9.94. The van der Waals surface area contributed by atoms with Crippen molar-refractivity contribution in [2.45, 2.75) is 58.8 Å². The number of hydrogen-bond donors (Lipinski definition) is 1. The van der Waals surface area contributed by atoms with Gasteiger partial charge in [0.25, 0.3) is 0 Å². The first-order chi connectivity index (χ1) is 11.1. The molecular weight excluding hydrogens is 295 g/mol. The molecule has 0 spiro atoms. The lowest BCUT2D eigenvalue weighted by Gasteiger charge is -2.28. The lowest BCUT2D eigenvalue weighted by molar-refractivity contribution is 0.0938. The topological polar surface area (TPSA) is 46.5 Å². The number of rotatable bonds is 7. The van der Waals surface area contributed by atoms with Crippen LogP contribution >= 0.6 is 0 Å². The maximum Gasteiger partial charge on any atom is 0.207 e. The summed E-state index contributed by atoms with van der Waals surface area (Å²) in [5.41, 5.74) is 0.0710. The van der Waals surface area contributed by atoms with Gasteiger partial charge < -0.3 is 9.84 Å². The number of phenols is 1. The van der Waals surface area contributed by atoms with Gasteiger partial charge in [0.1, 0.15) is 0 Å². The van der Waals surface area contributed by atoms with Crippen LogP contribution in [0.3, 0.4) is 0 Å². The highest BCUT2D eigenvalue weighted by Crippen LogP contribution is 2.36. The van der Waals surface area contributed by atoms with Gasteiger partial charge in [-0.05, 0) is 43.7 Å². The molecule has 0 atom stereocenters. The van der Waals surface area contributed by atoms with Gasteiger partial charge in [-0.1, -0.05) is 32.6 Å². The smallest absolute Gasteiger partial charge is 0.207 e. The molecule has 1 aliphatic rings. The van der Waals surface area contributed by atoms with E-state index in [1.807, 2.05) is 0 Å². The number of hydrogen-bond acceptors (Lipinski definition) is 3. The third-order valence-electron chi connectivity index (χ3n) is 4.82. The van der Waals surface area contributed by atoms with Gasteiger partial charge >= 0.3 is 0 Å². The lowest BCUT2D eigenvalue weighted by atomic mass is 9.78. The highest BCUT2D eigenvalue weighted by Gasteiger charge is 2.25. The average Bonchev–Trinajstić information content (AvgIpc) is 2.54. The number of phenolic OH excluding ortho intramolecular Hbond substituents is 1. The van der Waals surface area contributed by atoms with Crippen LogP contribution in [0, 0.1) is 17.7 Å². The standard InChI is InChI=1S/C19H27FO3/c1-3-5-13-6-8-14(9-7-13)12-16(21)15-10-11-17(23-4-2)18(20)19(15)22/h10-11,13-14,22H,3-9,12H2,1-2H3. The number of ether oxygens (including phenoxy) is 1. The quantitative estimate of drug-likeness (QED) is 0.710. The first-order valence-corrected chi connectivity index (χ1v) is 8.74. The van der Waals surface area contributed by atoms with Crippen molar-refractivity contribution >= 4 is 5.78 Å². The van der Waals surface area contributed by atoms with Crippen molar-refractivity contribution < 1.29 is 19.0 Å². The van der Waals surface area contributed by atoms with Crippen molar-refractivity contribution in [3.05, 3.63) is 23.5 Å². The van der Waals surface area contributed by atoms with Gasteiger partial charge in [0.15, 0.2) is 17.3 Å². The first-order valence-electron chi connectivity index (χ1n) is 8.74. The van der Waals surface area contributed by atoms with Crippen molar-refractivity contribution in [3.8, 4) is 11.5 Å². The molecule has 23 heavy (non-hydrogen) atoms. The van der Waals surface area contributed by atoms with Crippen LogP contribution in [-0.2, 0) is 0 Å². The van der Waals surface area contributed by atoms with E-state index in [4.69, 9.17) is 4.74 Å². The van der Waals surface area contributed by atoms with Gasteiger partial charge in [-0.25, -0.2) is 0 Å². The Bertz CT molecular complexity index is 534. The van der Waals surface area contributed by atoms with Crippen molar-refractivity contribution in [1.29, 1.82) is 0 Å². The molecule has 0 saturated heterocycles. The largest absolute Gasteiger partial charge is 0.504 e. The second-order valence-electron chi connectivity index (χ2n) is 6.51. The van der Waals surface area contributed by atoms with Gasteiger partial charge in [0.05, 0.1) is 12.2 Å². The van der Waals surface area contributed by atoms with E-state index in [1.165, 1.54) is 37.8 Å². The van der Waals surface area contributed by atoms with Crippen molar-refractivity contribution in [3.63, 3.8) is 0 Å². The minimum Gasteiger partial charge on any atom is -0.504 e. The molecule has 0 heterocycles. The Hall–Kier alpha value is -1.58. The zero-order valence-corrected chi connectivity index (χ0v) is 14.1. The number of carbonyl (C=O) groups is 1. The average molecular weight is 322 g/mol. The summed E-state index contributed by atoms with van der Waals surface area (Å²) in [7, 11) is 0. The van der Waals surface area contributed by atoms with E-state index in [1.54, 1.807) is 6.92 Å². The molecule has 1 N–H and O–H groups in total. The van der Waals surface area contributed by atoms with Crippen LogP contribution in [0.5, 0.6) is 11.5 Å². The van der Waals surface area contributed by atoms with Gasteiger partial charge in [-0.2, -0.15) is 4.39 Å². The second kappa shape index (κ2) is 8.32. The SMILES string of the molecule is CCCC1CCC(CC(=O)c2ccc(OCC)c(F)c2O)CC1. The van der Waals surface area contributed by atoms with Crippen molar-refractivity contribution in [1.82, 2.24) is 0 Å². The van der Waals surface area contributed by atoms with E-state index in [0.29, 0.717) is 18.9 Å². The number of Topliss-reactive ketones (excluding diaryl/α,β-unsaturated/α-hetero) is 1. The Balaban J connectivity index is 1.98. The molecular formula is C19H27FO3. The fraction of sp³-hybridized carbons (Fsp3) is 0.632. The molecule has 0 unspecified atom stereocenters. The summed E-state index contributed by atoms with van der Waals surface area (Å²) in [6.07, 6.45) is 7.33. The lowest BCUT2D eigenvalue weighted by Crippen LogP contribution is -2.17. The number of ketones is 1. The van der Waals surface area contributed by atoms with E-state index < -0.39 is 11.6 Å². The zero-order valence-electron chi connectivity index (χ0n) is 14.1. The highest BCUT2D eigenvalue weighted by atomic mass is 19.1. The van der Waals surface area contributed by atoms with Crippen LogP contribution in [-0.4, -0.2) is 17.5 Å². The maximum absolute atomic E-state index is 14.0. The molecule has 3 nitrogen and oxygen atoms in total. The van der Waals surface area contributed by atoms with E-state index in [9.17, 15) is 14.3 Å². The van der Waals surface area contributed by atoms with E-state index in [-0.39, 0.29) is 17.1 Å². The van der Waals surface area contributed by atoms with Crippen LogP contribution in [0.2, 0.25) is 0 Å². The van der Waals surface area contributed by atoms with E-state index in [0.717, 1.165) is 18.8 Å². The Morgan fingerprint density at radius 2 is 1.87 bits per heavy atom. The summed E-state index contributed by atoms with van der Waals surface area (Å²) in [6.45, 7) is 4.26. The number of carbonyl (C=O) groups excluding carboxylic acids is 1. The molecule has 1 fully saturated rings. The Labute approximate surface area is 137 Å². The normalized spacial score (nSPS) is 21.2. The fourth-order valence-electron chi connectivity index (χ4n) is 3.54. The van der Waals surface area contributed by atoms with Gasteiger partial charge in [-0.15, -0.1) is 0 Å². The van der Waals surface area contributed by atoms with Crippen LogP contribution in [0.15, 0.2) is 12.1 Å². The van der Waals surface area contributed by atoms with Crippen molar-refractivity contribution in [2.24, 2.45) is 11.8 Å². The zero-order chi connectivity index (χ0) is 16.8. The van der Waals surface area contributed by atoms with Crippen LogP contribution < -0.4 is 4.74 Å². The molecule has 1 aliphatic carbocycles. The van der Waals surface area contributed by atoms with Crippen LogP contribution in [0.25, 0.3) is 0 Å². The van der Waals surface area contributed by atoms with Gasteiger partial charge in [-0.3, -0.25) is 4.79 Å². The Morgan fingerprint density at radius 1 is 1.22 bits per heavy atom. The minimum absolute atomic E-state index is 0.0124. The summed E-state index contributed by atoms with van der Waals surface area (Å²) in [4.78, 5) is 12.4. The number of halogens is 1. The van der Waals surface area contributed by atoms with Gasteiger partial charge in [0.2, 0.25) is 5.82 Å². The highest BCUT2D eigenvalue weighted by molar-refractivity contribution is 5.99. The molecule has 128 valence electrons. The van der Waals surface area contributed by atoms with Crippen LogP contribution in [0.1, 0.15) is 69.2 Å². The number of benzene rings is 1. The predicted octanol–water partition coefficient (Wildman–Crippen LogP) is 5.11. The molecule has 0 radical (unpaired) electrons. The predicted molar refractivity (Wildman–Crippen MR) is 88.5 cm³/mol. The summed E-state index contributed by atoms with van der Waals surface area (Å²) in [6, 6.07) is 2.89. The van der Waals surface area contributed by atoms with Gasteiger partial charge in [0, 0.05) is 6.42 Å². The third-order valence-corrected chi connectivity index (χ3v) is 4.82. The molecule has 2 rings (SSSR count). The van der Waals surface area contributed by atoms with E-state index in [2.05, 4.69) is 6.92 Å². The molecule has 1 saturated carbocycles. The maximum atomic E-state index is 14.0. The summed E-state index contributed by atoms with van der Waals surface area (Å²) in [5.74, 6) is -0.470. The number of aromatic hydroxyl groups is 1. The molecule has 0 amide bonds. The first kappa shape index (κ1) is 17.8. The second-order valence-corrected chi connectivity index (χ2v) is 6.51. The molecule has 1 aromatic carbocycles. The molecule has 4 heteroatoms. The molecule has 1 aromatic rings. The van der Waals surface area contributed by atoms with E-state index >= 15 is 0 Å². The Morgan fingerprint density at radius 3 is 2.48 bits per heavy atom. The van der Waals surface area contributed by atoms with Crippen molar-refractivity contribution in [2.75, 3.05) is 6.61 Å². The molecule has 0 aliphatic heterocycles.